The van der Waals surface area contributed by atoms with Crippen LogP contribution in [0, 0.1) is 11.8 Å². The van der Waals surface area contributed by atoms with Gasteiger partial charge in [-0.25, -0.2) is 0 Å². The highest BCUT2D eigenvalue weighted by atomic mass is 14.4. The Morgan fingerprint density at radius 2 is 2.33 bits per heavy atom. The molecule has 1 unspecified atom stereocenters. The van der Waals surface area contributed by atoms with E-state index in [1.807, 2.05) is 0 Å². The fourth-order valence-corrected chi connectivity index (χ4v) is 0.463. The van der Waals surface area contributed by atoms with Gasteiger partial charge < -0.3 is 0 Å². The van der Waals surface area contributed by atoms with Gasteiger partial charge in [0.05, 0.1) is 6.42 Å². The van der Waals surface area contributed by atoms with Crippen molar-refractivity contribution in [3.63, 3.8) is 0 Å². The van der Waals surface area contributed by atoms with Crippen LogP contribution in [0.1, 0.15) is 26.7 Å². The lowest BCUT2D eigenvalue weighted by atomic mass is 10.1. The van der Waals surface area contributed by atoms with Crippen LogP contribution in [-0.4, -0.2) is 0 Å². The van der Waals surface area contributed by atoms with Crippen molar-refractivity contribution in [3.8, 4) is 0 Å². The van der Waals surface area contributed by atoms with Crippen molar-refractivity contribution < 1.29 is 0 Å². The maximum absolute atomic E-state index is 2.37. The van der Waals surface area contributed by atoms with E-state index in [-0.39, 0.29) is 0 Å². The van der Waals surface area contributed by atoms with Gasteiger partial charge in [0, 0.05) is 0 Å². The van der Waals surface area contributed by atoms with Crippen LogP contribution in [0.15, 0.2) is 0 Å². The van der Waals surface area contributed by atoms with Crippen molar-refractivity contribution in [1.29, 1.82) is 0 Å². The molecule has 34 valence electrons. The van der Waals surface area contributed by atoms with Crippen LogP contribution in [0.3, 0.4) is 0 Å². The molecule has 0 radical (unpaired) electrons. The van der Waals surface area contributed by atoms with Crippen LogP contribution in [-0.2, 0) is 0 Å². The molecular weight excluding hydrogens is 72.1 g/mol. The topological polar surface area (TPSA) is 0 Å². The molecule has 0 saturated heterocycles. The van der Waals surface area contributed by atoms with E-state index < -0.39 is 0 Å². The molecule has 0 aromatic heterocycles. The normalized spacial score (nSPS) is 41.7. The lowest BCUT2D eigenvalue weighted by Gasteiger charge is -1.85. The van der Waals surface area contributed by atoms with E-state index in [1.165, 1.54) is 12.8 Å². The second-order valence-electron chi connectivity index (χ2n) is 2.42. The van der Waals surface area contributed by atoms with Gasteiger partial charge >= 0.3 is 0 Å². The minimum Gasteiger partial charge on any atom is -0.0606 e. The van der Waals surface area contributed by atoms with E-state index in [0.717, 1.165) is 0 Å². The molecule has 0 aliphatic heterocycles. The Morgan fingerprint density at radius 1 is 1.83 bits per heavy atom. The first-order valence-corrected chi connectivity index (χ1v) is 2.61. The average molecular weight is 83.2 g/mol. The van der Waals surface area contributed by atoms with Crippen LogP contribution in [0.25, 0.3) is 0 Å². The highest BCUT2D eigenvalue weighted by Crippen LogP contribution is 2.46. The van der Waals surface area contributed by atoms with Crippen molar-refractivity contribution in [2.24, 2.45) is 5.41 Å². The molecule has 0 aromatic rings. The van der Waals surface area contributed by atoms with Crippen molar-refractivity contribution in [2.75, 3.05) is 0 Å². The van der Waals surface area contributed by atoms with E-state index in [9.17, 15) is 0 Å². The largest absolute Gasteiger partial charge is 0.145 e. The van der Waals surface area contributed by atoms with Gasteiger partial charge in [0.15, 0.2) is 0 Å². The van der Waals surface area contributed by atoms with Crippen LogP contribution in [0.2, 0.25) is 0 Å². The second-order valence-corrected chi connectivity index (χ2v) is 2.42. The van der Waals surface area contributed by atoms with Crippen molar-refractivity contribution >= 4 is 0 Å². The monoisotopic (exact) mass is 83.1 g/mol. The number of rotatable bonds is 1. The van der Waals surface area contributed by atoms with E-state index >= 15 is 0 Å². The zero-order valence-electron chi connectivity index (χ0n) is 4.49. The molecule has 0 heterocycles. The molecule has 0 nitrogen and oxygen atoms in total. The molecule has 1 aliphatic carbocycles. The van der Waals surface area contributed by atoms with Gasteiger partial charge in [-0.05, 0) is 13.3 Å². The van der Waals surface area contributed by atoms with E-state index in [1.54, 1.807) is 0 Å². The van der Waals surface area contributed by atoms with Gasteiger partial charge in [-0.15, -0.1) is 0 Å². The second kappa shape index (κ2) is 0.927. The molecule has 1 saturated carbocycles. The summed E-state index contributed by atoms with van der Waals surface area (Å²) in [5.41, 5.74) is 0.667. The fraction of sp³-hybridized carbons (Fsp3) is 0.833. The Morgan fingerprint density at radius 3 is 2.33 bits per heavy atom. The minimum atomic E-state index is 0.667. The fourth-order valence-electron chi connectivity index (χ4n) is 0.463. The quantitative estimate of drug-likeness (QED) is 0.425. The Hall–Kier alpha value is -0.130. The van der Waals surface area contributed by atoms with E-state index in [4.69, 9.17) is 0 Å². The molecule has 0 aromatic carbocycles. The third-order valence-electron chi connectivity index (χ3n) is 1.71. The summed E-state index contributed by atoms with van der Waals surface area (Å²) in [4.78, 5) is 0. The van der Waals surface area contributed by atoms with Gasteiger partial charge in [0.1, 0.15) is 11.8 Å². The van der Waals surface area contributed by atoms with Crippen LogP contribution < -0.4 is 0 Å². The summed E-state index contributed by atoms with van der Waals surface area (Å²) >= 11 is 0. The molecule has 0 heteroatoms. The maximum atomic E-state index is 2.37. The maximum Gasteiger partial charge on any atom is 0.145 e. The first kappa shape index (κ1) is 4.04. The average Bonchev–Trinajstić information content (AvgIpc) is 2.22. The molecule has 1 aliphatic rings. The third kappa shape index (κ3) is 0.515. The number of hydrogen-bond donors (Lipinski definition) is 0. The Balaban J connectivity index is 2.28. The molecular formula is C6H11+. The molecule has 0 spiro atoms. The summed E-state index contributed by atoms with van der Waals surface area (Å²) in [6.07, 6.45) is 5.05. The molecule has 1 fully saturated rings. The summed E-state index contributed by atoms with van der Waals surface area (Å²) < 4.78 is 0. The van der Waals surface area contributed by atoms with Crippen molar-refractivity contribution in [2.45, 2.75) is 26.7 Å². The zero-order valence-corrected chi connectivity index (χ0v) is 4.49. The number of hydrogen-bond acceptors (Lipinski definition) is 0. The van der Waals surface area contributed by atoms with Gasteiger partial charge in [-0.1, -0.05) is 6.92 Å². The van der Waals surface area contributed by atoms with Crippen LogP contribution >= 0.6 is 0 Å². The Labute approximate surface area is 39.6 Å². The summed E-state index contributed by atoms with van der Waals surface area (Å²) in [5, 5.41) is 0. The summed E-state index contributed by atoms with van der Waals surface area (Å²) in [7, 11) is 0. The Kier molecular flexibility index (Phi) is 0.624. The summed E-state index contributed by atoms with van der Waals surface area (Å²) in [5.74, 6) is 0. The minimum absolute atomic E-state index is 0.667. The lowest BCUT2D eigenvalue weighted by Crippen LogP contribution is -1.85. The molecule has 1 rings (SSSR count). The predicted molar refractivity (Wildman–Crippen MR) is 27.3 cm³/mol. The molecule has 0 amide bonds. The summed E-state index contributed by atoms with van der Waals surface area (Å²) in [6.45, 7) is 4.54. The molecule has 0 N–H and O–H groups in total. The first-order valence-electron chi connectivity index (χ1n) is 2.61. The Bertz CT molecular complexity index is 51.1. The third-order valence-corrected chi connectivity index (χ3v) is 1.71. The van der Waals surface area contributed by atoms with Gasteiger partial charge in [-0.2, -0.15) is 0 Å². The smallest absolute Gasteiger partial charge is 0.0606 e. The van der Waals surface area contributed by atoms with Crippen molar-refractivity contribution in [1.82, 2.24) is 0 Å². The first-order chi connectivity index (χ1) is 2.77. The van der Waals surface area contributed by atoms with Crippen LogP contribution in [0.5, 0.6) is 0 Å². The van der Waals surface area contributed by atoms with Gasteiger partial charge in [-0.3, -0.25) is 0 Å². The zero-order chi connectivity index (χ0) is 4.62. The van der Waals surface area contributed by atoms with E-state index in [0.29, 0.717) is 5.41 Å². The standard InChI is InChI=1S/C6H11/c1-3-6(2)4-5-6/h4H,3,5H2,1-2H3/q+1. The van der Waals surface area contributed by atoms with Gasteiger partial charge in [0.25, 0.3) is 0 Å². The lowest BCUT2D eigenvalue weighted by molar-refractivity contribution is 0.578. The molecule has 6 heavy (non-hydrogen) atoms. The van der Waals surface area contributed by atoms with Crippen molar-refractivity contribution in [3.05, 3.63) is 6.42 Å². The highest BCUT2D eigenvalue weighted by molar-refractivity contribution is 5.05. The van der Waals surface area contributed by atoms with Gasteiger partial charge in [0.2, 0.25) is 0 Å². The molecule has 1 atom stereocenters. The predicted octanol–water partition coefficient (Wildman–Crippen LogP) is 2.01. The SMILES string of the molecule is CCC1(C)[CH+]C1. The summed E-state index contributed by atoms with van der Waals surface area (Å²) in [6, 6.07) is 0. The highest BCUT2D eigenvalue weighted by Gasteiger charge is 2.48. The van der Waals surface area contributed by atoms with E-state index in [2.05, 4.69) is 20.3 Å². The van der Waals surface area contributed by atoms with Crippen LogP contribution in [0.4, 0.5) is 0 Å². The molecule has 0 bridgehead atoms.